The number of hydrogen-bond acceptors (Lipinski definition) is 3. The molecule has 3 nitrogen and oxygen atoms in total. The van der Waals surface area contributed by atoms with Gasteiger partial charge in [0.25, 0.3) is 0 Å². The van der Waals surface area contributed by atoms with Crippen molar-refractivity contribution >= 4 is 0 Å². The third-order valence-electron chi connectivity index (χ3n) is 5.25. The van der Waals surface area contributed by atoms with E-state index in [9.17, 15) is 0 Å². The van der Waals surface area contributed by atoms with Crippen LogP contribution >= 0.6 is 0 Å². The SMILES string of the molecule is CC[C@H]1O[C@@H](C)[C@H](OCc2ccccc2)[C@@H](OCc2ccccc2)[C@@H]1C. The second-order valence-electron chi connectivity index (χ2n) is 7.17. The molecule has 0 amide bonds. The molecule has 1 fully saturated rings. The van der Waals surface area contributed by atoms with Crippen LogP contribution in [-0.4, -0.2) is 24.4 Å². The molecule has 0 bridgehead atoms. The average molecular weight is 354 g/mol. The molecular weight excluding hydrogens is 324 g/mol. The topological polar surface area (TPSA) is 27.7 Å². The van der Waals surface area contributed by atoms with Gasteiger partial charge in [0.05, 0.1) is 31.5 Å². The summed E-state index contributed by atoms with van der Waals surface area (Å²) < 4.78 is 18.9. The van der Waals surface area contributed by atoms with Gasteiger partial charge in [-0.15, -0.1) is 0 Å². The molecule has 0 aliphatic carbocycles. The summed E-state index contributed by atoms with van der Waals surface area (Å²) in [6, 6.07) is 20.6. The van der Waals surface area contributed by atoms with Gasteiger partial charge in [-0.2, -0.15) is 0 Å². The highest BCUT2D eigenvalue weighted by molar-refractivity contribution is 5.14. The van der Waals surface area contributed by atoms with E-state index < -0.39 is 0 Å². The monoisotopic (exact) mass is 354 g/mol. The smallest absolute Gasteiger partial charge is 0.110 e. The number of hydrogen-bond donors (Lipinski definition) is 0. The standard InChI is InChI=1S/C23H30O3/c1-4-21-17(2)22(24-15-19-11-7-5-8-12-19)23(18(3)26-21)25-16-20-13-9-6-10-14-20/h5-14,17-18,21-23H,4,15-16H2,1-3H3/t17-,18+,21-,22+,23+/m1/s1. The highest BCUT2D eigenvalue weighted by Crippen LogP contribution is 2.32. The molecular formula is C23H30O3. The lowest BCUT2D eigenvalue weighted by molar-refractivity contribution is -0.227. The zero-order chi connectivity index (χ0) is 18.4. The summed E-state index contributed by atoms with van der Waals surface area (Å²) in [6.07, 6.45) is 1.16. The quantitative estimate of drug-likeness (QED) is 0.701. The summed E-state index contributed by atoms with van der Waals surface area (Å²) >= 11 is 0. The molecule has 1 aliphatic rings. The van der Waals surface area contributed by atoms with Gasteiger partial charge >= 0.3 is 0 Å². The predicted molar refractivity (Wildman–Crippen MR) is 104 cm³/mol. The summed E-state index contributed by atoms with van der Waals surface area (Å²) in [5.74, 6) is 0.292. The maximum Gasteiger partial charge on any atom is 0.110 e. The third kappa shape index (κ3) is 4.73. The largest absolute Gasteiger partial charge is 0.372 e. The Morgan fingerprint density at radius 2 is 1.27 bits per heavy atom. The van der Waals surface area contributed by atoms with Crippen molar-refractivity contribution in [3.05, 3.63) is 71.8 Å². The fraction of sp³-hybridized carbons (Fsp3) is 0.478. The first kappa shape index (κ1) is 19.1. The Morgan fingerprint density at radius 3 is 1.77 bits per heavy atom. The van der Waals surface area contributed by atoms with Gasteiger partial charge in [0, 0.05) is 5.92 Å². The molecule has 0 saturated carbocycles. The van der Waals surface area contributed by atoms with Gasteiger partial charge in [-0.25, -0.2) is 0 Å². The Kier molecular flexibility index (Phi) is 6.84. The van der Waals surface area contributed by atoms with Gasteiger partial charge in [-0.3, -0.25) is 0 Å². The molecule has 1 aliphatic heterocycles. The van der Waals surface area contributed by atoms with Crippen LogP contribution in [0.4, 0.5) is 0 Å². The van der Waals surface area contributed by atoms with Crippen LogP contribution in [-0.2, 0) is 27.4 Å². The second kappa shape index (κ2) is 9.31. The maximum absolute atomic E-state index is 6.38. The summed E-state index contributed by atoms with van der Waals surface area (Å²) in [6.45, 7) is 7.67. The normalized spacial score (nSPS) is 28.8. The molecule has 140 valence electrons. The van der Waals surface area contributed by atoms with E-state index in [1.54, 1.807) is 0 Å². The minimum Gasteiger partial charge on any atom is -0.372 e. The Labute approximate surface area is 157 Å². The van der Waals surface area contributed by atoms with Crippen LogP contribution in [0, 0.1) is 5.92 Å². The lowest BCUT2D eigenvalue weighted by Gasteiger charge is -2.44. The van der Waals surface area contributed by atoms with Gasteiger partial charge in [0.15, 0.2) is 0 Å². The first-order valence-corrected chi connectivity index (χ1v) is 9.65. The van der Waals surface area contributed by atoms with Crippen molar-refractivity contribution in [1.82, 2.24) is 0 Å². The van der Waals surface area contributed by atoms with Crippen molar-refractivity contribution < 1.29 is 14.2 Å². The molecule has 3 rings (SSSR count). The average Bonchev–Trinajstić information content (AvgIpc) is 2.69. The van der Waals surface area contributed by atoms with E-state index >= 15 is 0 Å². The van der Waals surface area contributed by atoms with E-state index in [4.69, 9.17) is 14.2 Å². The van der Waals surface area contributed by atoms with E-state index in [-0.39, 0.29) is 24.4 Å². The van der Waals surface area contributed by atoms with Crippen molar-refractivity contribution in [2.24, 2.45) is 5.92 Å². The summed E-state index contributed by atoms with van der Waals surface area (Å²) in [5, 5.41) is 0. The third-order valence-corrected chi connectivity index (χ3v) is 5.25. The highest BCUT2D eigenvalue weighted by Gasteiger charge is 2.42. The van der Waals surface area contributed by atoms with E-state index in [2.05, 4.69) is 45.0 Å². The first-order valence-electron chi connectivity index (χ1n) is 9.65. The molecule has 2 aromatic carbocycles. The van der Waals surface area contributed by atoms with Crippen molar-refractivity contribution in [3.8, 4) is 0 Å². The summed E-state index contributed by atoms with van der Waals surface area (Å²) in [7, 11) is 0. The molecule has 5 atom stereocenters. The molecule has 0 unspecified atom stereocenters. The van der Waals surface area contributed by atoms with Crippen molar-refractivity contribution in [2.45, 2.75) is 64.8 Å². The van der Waals surface area contributed by atoms with Crippen LogP contribution in [0.2, 0.25) is 0 Å². The molecule has 3 heteroatoms. The Balaban J connectivity index is 1.69. The molecule has 1 heterocycles. The van der Waals surface area contributed by atoms with Gasteiger partial charge in [-0.05, 0) is 24.5 Å². The van der Waals surface area contributed by atoms with Crippen LogP contribution < -0.4 is 0 Å². The highest BCUT2D eigenvalue weighted by atomic mass is 16.6. The molecule has 0 spiro atoms. The molecule has 26 heavy (non-hydrogen) atoms. The molecule has 2 aromatic rings. The van der Waals surface area contributed by atoms with Gasteiger partial charge in [0.2, 0.25) is 0 Å². The second-order valence-corrected chi connectivity index (χ2v) is 7.17. The van der Waals surface area contributed by atoms with Gasteiger partial charge < -0.3 is 14.2 Å². The van der Waals surface area contributed by atoms with Crippen molar-refractivity contribution in [2.75, 3.05) is 0 Å². The van der Waals surface area contributed by atoms with E-state index in [0.29, 0.717) is 19.1 Å². The first-order chi connectivity index (χ1) is 12.7. The molecule has 0 aromatic heterocycles. The van der Waals surface area contributed by atoms with Gasteiger partial charge in [-0.1, -0.05) is 74.5 Å². The number of rotatable bonds is 7. The van der Waals surface area contributed by atoms with E-state index in [0.717, 1.165) is 6.42 Å². The zero-order valence-electron chi connectivity index (χ0n) is 16.0. The van der Waals surface area contributed by atoms with E-state index in [1.807, 2.05) is 36.4 Å². The molecule has 0 N–H and O–H groups in total. The lowest BCUT2D eigenvalue weighted by atomic mass is 9.87. The van der Waals surface area contributed by atoms with Crippen molar-refractivity contribution in [3.63, 3.8) is 0 Å². The molecule has 0 radical (unpaired) electrons. The number of ether oxygens (including phenoxy) is 3. The van der Waals surface area contributed by atoms with E-state index in [1.165, 1.54) is 11.1 Å². The predicted octanol–water partition coefficient (Wildman–Crippen LogP) is 4.99. The maximum atomic E-state index is 6.38. The zero-order valence-corrected chi connectivity index (χ0v) is 16.0. The Bertz CT molecular complexity index is 643. The Morgan fingerprint density at radius 1 is 0.769 bits per heavy atom. The minimum absolute atomic E-state index is 0.0145. The molecule has 1 saturated heterocycles. The minimum atomic E-state index is -0.0725. The van der Waals surface area contributed by atoms with Crippen LogP contribution in [0.3, 0.4) is 0 Å². The lowest BCUT2D eigenvalue weighted by Crippen LogP contribution is -2.54. The van der Waals surface area contributed by atoms with Crippen molar-refractivity contribution in [1.29, 1.82) is 0 Å². The van der Waals surface area contributed by atoms with Crippen LogP contribution in [0.15, 0.2) is 60.7 Å². The fourth-order valence-electron chi connectivity index (χ4n) is 3.73. The summed E-state index contributed by atoms with van der Waals surface area (Å²) in [5.41, 5.74) is 2.36. The Hall–Kier alpha value is -1.68. The number of benzene rings is 2. The summed E-state index contributed by atoms with van der Waals surface area (Å²) in [4.78, 5) is 0. The van der Waals surface area contributed by atoms with Gasteiger partial charge in [0.1, 0.15) is 6.10 Å². The fourth-order valence-corrected chi connectivity index (χ4v) is 3.73. The van der Waals surface area contributed by atoms with Crippen LogP contribution in [0.25, 0.3) is 0 Å². The van der Waals surface area contributed by atoms with Crippen LogP contribution in [0.1, 0.15) is 38.3 Å². The van der Waals surface area contributed by atoms with Crippen LogP contribution in [0.5, 0.6) is 0 Å².